The third-order valence-corrected chi connectivity index (χ3v) is 7.96. The lowest BCUT2D eigenvalue weighted by Crippen LogP contribution is -2.56. The van der Waals surface area contributed by atoms with E-state index in [2.05, 4.69) is 46.5 Å². The fourth-order valence-electron chi connectivity index (χ4n) is 4.89. The lowest BCUT2D eigenvalue weighted by Gasteiger charge is -2.39. The third kappa shape index (κ3) is 5.68. The number of benzene rings is 2. The Balaban J connectivity index is 1.25. The van der Waals surface area contributed by atoms with Crippen LogP contribution in [0.4, 0.5) is 10.5 Å². The second-order valence-corrected chi connectivity index (χ2v) is 10.7. The number of nitrogens with one attached hydrogen (secondary N) is 1. The van der Waals surface area contributed by atoms with E-state index in [-0.39, 0.29) is 18.0 Å². The molecule has 3 heterocycles. The van der Waals surface area contributed by atoms with Crippen LogP contribution in [-0.4, -0.2) is 64.6 Å². The number of carbonyl (C=O) groups excluding carboxylic acids is 3. The summed E-state index contributed by atoms with van der Waals surface area (Å²) in [5, 5.41) is 6.01. The minimum absolute atomic E-state index is 0.0213. The van der Waals surface area contributed by atoms with E-state index in [1.54, 1.807) is 47.4 Å². The molecule has 5 rings (SSSR count). The molecule has 0 spiro atoms. The van der Waals surface area contributed by atoms with Crippen molar-refractivity contribution in [2.75, 3.05) is 31.6 Å². The molecule has 0 aliphatic carbocycles. The number of rotatable bonds is 6. The summed E-state index contributed by atoms with van der Waals surface area (Å²) in [5.41, 5.74) is 4.04. The van der Waals surface area contributed by atoms with E-state index in [0.29, 0.717) is 49.7 Å². The van der Waals surface area contributed by atoms with Crippen molar-refractivity contribution in [3.63, 3.8) is 0 Å². The summed E-state index contributed by atoms with van der Waals surface area (Å²) >= 11 is 1.64. The fraction of sp³-hybridized carbons (Fsp3) is 0.300. The number of fused-ring (bicyclic) bond motifs is 1. The second-order valence-electron chi connectivity index (χ2n) is 9.80. The lowest BCUT2D eigenvalue weighted by molar-refractivity contribution is 0.0525. The molecule has 9 heteroatoms. The minimum atomic E-state index is -0.394. The number of aromatic nitrogens is 1. The van der Waals surface area contributed by atoms with Gasteiger partial charge in [-0.05, 0) is 68.1 Å². The average molecular weight is 545 g/mol. The first kappa shape index (κ1) is 26.5. The standard InChI is InChI=1S/C30H32N4O4S/c1-4-38-29(36)23-9-11-25(12-10-23)31-30(37)33-15-14-32(18-21(33)3)27(35)26-17-24-13-16-39-28(24)34(26)19-22-7-5-20(2)6-8-22/h5-13,16-17,21H,4,14-15,18-19H2,1-3H3,(H,31,37). The first-order valence-corrected chi connectivity index (χ1v) is 14.0. The minimum Gasteiger partial charge on any atom is -0.462 e. The van der Waals surface area contributed by atoms with Crippen LogP contribution >= 0.6 is 11.3 Å². The van der Waals surface area contributed by atoms with Gasteiger partial charge < -0.3 is 24.4 Å². The highest BCUT2D eigenvalue weighted by Crippen LogP contribution is 2.28. The van der Waals surface area contributed by atoms with Crippen LogP contribution < -0.4 is 5.32 Å². The number of ether oxygens (including phenoxy) is 1. The maximum atomic E-state index is 13.7. The fourth-order valence-corrected chi connectivity index (χ4v) is 5.79. The number of carbonyl (C=O) groups is 3. The monoisotopic (exact) mass is 544 g/mol. The zero-order valence-electron chi connectivity index (χ0n) is 22.3. The topological polar surface area (TPSA) is 83.9 Å². The number of anilines is 1. The van der Waals surface area contributed by atoms with Crippen LogP contribution in [-0.2, 0) is 11.3 Å². The second kappa shape index (κ2) is 11.3. The van der Waals surface area contributed by atoms with Gasteiger partial charge >= 0.3 is 12.0 Å². The molecular weight excluding hydrogens is 512 g/mol. The van der Waals surface area contributed by atoms with Gasteiger partial charge in [0, 0.05) is 43.3 Å². The number of thiophene rings is 1. The summed E-state index contributed by atoms with van der Waals surface area (Å²) < 4.78 is 7.11. The highest BCUT2D eigenvalue weighted by atomic mass is 32.1. The Bertz CT molecular complexity index is 1490. The van der Waals surface area contributed by atoms with E-state index in [1.165, 1.54) is 5.56 Å². The van der Waals surface area contributed by atoms with Gasteiger partial charge in [0.25, 0.3) is 5.91 Å². The number of piperazine rings is 1. The van der Waals surface area contributed by atoms with Crippen molar-refractivity contribution in [3.05, 3.63) is 88.4 Å². The van der Waals surface area contributed by atoms with Gasteiger partial charge in [-0.1, -0.05) is 29.8 Å². The molecule has 2 aromatic carbocycles. The SMILES string of the molecule is CCOC(=O)c1ccc(NC(=O)N2CCN(C(=O)c3cc4ccsc4n3Cc3ccc(C)cc3)CC2C)cc1. The molecule has 0 saturated carbocycles. The molecule has 1 unspecified atom stereocenters. The maximum absolute atomic E-state index is 13.7. The third-order valence-electron chi connectivity index (χ3n) is 7.01. The van der Waals surface area contributed by atoms with Crippen molar-refractivity contribution in [1.29, 1.82) is 0 Å². The molecule has 39 heavy (non-hydrogen) atoms. The zero-order valence-corrected chi connectivity index (χ0v) is 23.2. The Labute approximate surface area is 231 Å². The predicted molar refractivity (Wildman–Crippen MR) is 154 cm³/mol. The molecule has 202 valence electrons. The molecule has 0 bridgehead atoms. The number of hydrogen-bond donors (Lipinski definition) is 1. The molecule has 8 nitrogen and oxygen atoms in total. The predicted octanol–water partition coefficient (Wildman–Crippen LogP) is 5.61. The number of nitrogens with zero attached hydrogens (tertiary/aromatic N) is 3. The van der Waals surface area contributed by atoms with E-state index in [0.717, 1.165) is 15.8 Å². The summed E-state index contributed by atoms with van der Waals surface area (Å²) in [5.74, 6) is -0.415. The van der Waals surface area contributed by atoms with Gasteiger partial charge in [-0.2, -0.15) is 0 Å². The van der Waals surface area contributed by atoms with Gasteiger partial charge in [-0.3, -0.25) is 4.79 Å². The normalized spacial score (nSPS) is 15.4. The van der Waals surface area contributed by atoms with Crippen molar-refractivity contribution in [2.45, 2.75) is 33.4 Å². The van der Waals surface area contributed by atoms with Crippen LogP contribution in [0.25, 0.3) is 10.2 Å². The molecule has 1 atom stereocenters. The van der Waals surface area contributed by atoms with Crippen molar-refractivity contribution in [2.24, 2.45) is 0 Å². The lowest BCUT2D eigenvalue weighted by atomic mass is 10.1. The Hall–Kier alpha value is -4.11. The molecule has 3 amide bonds. The van der Waals surface area contributed by atoms with Crippen LogP contribution in [0.5, 0.6) is 0 Å². The van der Waals surface area contributed by atoms with Crippen LogP contribution in [0, 0.1) is 6.92 Å². The smallest absolute Gasteiger partial charge is 0.338 e. The van der Waals surface area contributed by atoms with Gasteiger partial charge in [0.1, 0.15) is 10.5 Å². The van der Waals surface area contributed by atoms with Crippen molar-refractivity contribution >= 4 is 45.1 Å². The summed E-state index contributed by atoms with van der Waals surface area (Å²) in [7, 11) is 0. The van der Waals surface area contributed by atoms with Crippen molar-refractivity contribution in [3.8, 4) is 0 Å². The average Bonchev–Trinajstić information content (AvgIpc) is 3.52. The maximum Gasteiger partial charge on any atom is 0.338 e. The molecule has 1 aliphatic heterocycles. The summed E-state index contributed by atoms with van der Waals surface area (Å²) in [6.45, 7) is 8.01. The quantitative estimate of drug-likeness (QED) is 0.320. The number of hydrogen-bond acceptors (Lipinski definition) is 5. The molecule has 1 saturated heterocycles. The van der Waals surface area contributed by atoms with Gasteiger partial charge in [-0.25, -0.2) is 9.59 Å². The van der Waals surface area contributed by atoms with E-state index in [4.69, 9.17) is 4.74 Å². The van der Waals surface area contributed by atoms with Gasteiger partial charge in [-0.15, -0.1) is 11.3 Å². The van der Waals surface area contributed by atoms with E-state index >= 15 is 0 Å². The first-order valence-electron chi connectivity index (χ1n) is 13.1. The summed E-state index contributed by atoms with van der Waals surface area (Å²) in [6.07, 6.45) is 0. The van der Waals surface area contributed by atoms with Gasteiger partial charge in [0.2, 0.25) is 0 Å². The highest BCUT2D eigenvalue weighted by Gasteiger charge is 2.32. The molecule has 1 aliphatic rings. The van der Waals surface area contributed by atoms with Gasteiger partial charge in [0.15, 0.2) is 0 Å². The first-order chi connectivity index (χ1) is 18.8. The molecular formula is C30H32N4O4S. The number of amides is 3. The van der Waals surface area contributed by atoms with Crippen LogP contribution in [0.15, 0.2) is 66.0 Å². The van der Waals surface area contributed by atoms with Gasteiger partial charge in [0.05, 0.1) is 12.2 Å². The Kier molecular flexibility index (Phi) is 7.70. The largest absolute Gasteiger partial charge is 0.462 e. The van der Waals surface area contributed by atoms with E-state index < -0.39 is 5.97 Å². The molecule has 1 fully saturated rings. The van der Waals surface area contributed by atoms with Crippen LogP contribution in [0.1, 0.15) is 45.8 Å². The highest BCUT2D eigenvalue weighted by molar-refractivity contribution is 7.16. The zero-order chi connectivity index (χ0) is 27.5. The van der Waals surface area contributed by atoms with Crippen molar-refractivity contribution in [1.82, 2.24) is 14.4 Å². The molecule has 4 aromatic rings. The molecule has 0 radical (unpaired) electrons. The Morgan fingerprint density at radius 2 is 1.77 bits per heavy atom. The Morgan fingerprint density at radius 3 is 2.46 bits per heavy atom. The van der Waals surface area contributed by atoms with E-state index in [1.807, 2.05) is 24.0 Å². The van der Waals surface area contributed by atoms with Crippen LogP contribution in [0.3, 0.4) is 0 Å². The summed E-state index contributed by atoms with van der Waals surface area (Å²) in [4.78, 5) is 43.3. The summed E-state index contributed by atoms with van der Waals surface area (Å²) in [6, 6.07) is 18.6. The molecule has 2 aromatic heterocycles. The van der Waals surface area contributed by atoms with Crippen molar-refractivity contribution < 1.29 is 19.1 Å². The number of aryl methyl sites for hydroxylation is 1. The van der Waals surface area contributed by atoms with E-state index in [9.17, 15) is 14.4 Å². The number of urea groups is 1. The Morgan fingerprint density at radius 1 is 1.03 bits per heavy atom. The molecule has 1 N–H and O–H groups in total. The van der Waals surface area contributed by atoms with Crippen LogP contribution in [0.2, 0.25) is 0 Å². The number of esters is 1.